The molecule has 5 rings (SSSR count). The van der Waals surface area contributed by atoms with Gasteiger partial charge in [0.25, 0.3) is 0 Å². The second-order valence-electron chi connectivity index (χ2n) is 8.11. The first-order valence-electron chi connectivity index (χ1n) is 9.95. The summed E-state index contributed by atoms with van der Waals surface area (Å²) in [4.78, 5) is 0.348. The highest BCUT2D eigenvalue weighted by molar-refractivity contribution is 7.89. The zero-order valence-corrected chi connectivity index (χ0v) is 17.4. The highest BCUT2D eigenvalue weighted by Crippen LogP contribution is 2.53. The molecule has 3 aromatic carbocycles. The predicted octanol–water partition coefficient (Wildman–Crippen LogP) is 4.44. The molecule has 0 radical (unpaired) electrons. The number of sulfonamides is 1. The summed E-state index contributed by atoms with van der Waals surface area (Å²) >= 11 is 0. The lowest BCUT2D eigenvalue weighted by atomic mass is 9.73. The number of hydrogen-bond donors (Lipinski definition) is 1. The Labute approximate surface area is 172 Å². The molecule has 0 saturated carbocycles. The van der Waals surface area contributed by atoms with E-state index < -0.39 is 10.0 Å². The number of aryl methyl sites for hydroxylation is 2. The molecule has 2 heterocycles. The Balaban J connectivity index is 1.66. The molecule has 0 aromatic heterocycles. The fourth-order valence-electron chi connectivity index (χ4n) is 4.91. The lowest BCUT2D eigenvalue weighted by Crippen LogP contribution is -2.46. The number of fused-ring (bicyclic) bond motifs is 3. The van der Waals surface area contributed by atoms with Crippen LogP contribution in [-0.4, -0.2) is 25.4 Å². The fourth-order valence-corrected chi connectivity index (χ4v) is 6.50. The number of nitrogens with one attached hydrogen (secondary N) is 1. The minimum absolute atomic E-state index is 0.340. The molecule has 0 aliphatic carbocycles. The molecule has 2 aliphatic heterocycles. The molecule has 2 aliphatic rings. The molecule has 5 heteroatoms. The number of nitrogens with zero attached hydrogens (tertiary/aromatic N) is 1. The molecule has 4 nitrogen and oxygen atoms in total. The van der Waals surface area contributed by atoms with E-state index in [2.05, 4.69) is 42.6 Å². The van der Waals surface area contributed by atoms with Gasteiger partial charge in [-0.25, -0.2) is 8.42 Å². The Hall–Kier alpha value is -2.63. The Morgan fingerprint density at radius 1 is 0.931 bits per heavy atom. The van der Waals surface area contributed by atoms with Crippen molar-refractivity contribution in [2.45, 2.75) is 36.7 Å². The maximum atomic E-state index is 13.6. The Bertz CT molecular complexity index is 1190. The van der Waals surface area contributed by atoms with Crippen molar-refractivity contribution in [2.24, 2.45) is 0 Å². The maximum Gasteiger partial charge on any atom is 0.244 e. The van der Waals surface area contributed by atoms with Crippen molar-refractivity contribution < 1.29 is 8.42 Å². The van der Waals surface area contributed by atoms with Gasteiger partial charge in [0.2, 0.25) is 10.0 Å². The smallest absolute Gasteiger partial charge is 0.244 e. The van der Waals surface area contributed by atoms with E-state index >= 15 is 0 Å². The maximum absolute atomic E-state index is 13.6. The van der Waals surface area contributed by atoms with Crippen LogP contribution in [0.5, 0.6) is 0 Å². The largest absolute Gasteiger partial charge is 0.367 e. The molecule has 1 fully saturated rings. The van der Waals surface area contributed by atoms with Crippen molar-refractivity contribution >= 4 is 15.7 Å². The van der Waals surface area contributed by atoms with Gasteiger partial charge >= 0.3 is 0 Å². The van der Waals surface area contributed by atoms with Crippen LogP contribution in [0.3, 0.4) is 0 Å². The number of rotatable bonds is 3. The van der Waals surface area contributed by atoms with E-state index in [1.54, 1.807) is 16.4 Å². The van der Waals surface area contributed by atoms with Crippen LogP contribution in [-0.2, 0) is 15.4 Å². The average Bonchev–Trinajstić information content (AvgIpc) is 3.24. The third kappa shape index (κ3) is 2.65. The van der Waals surface area contributed by atoms with E-state index in [1.807, 2.05) is 37.3 Å². The van der Waals surface area contributed by atoms with E-state index in [-0.39, 0.29) is 11.6 Å². The first kappa shape index (κ1) is 18.4. The van der Waals surface area contributed by atoms with Crippen LogP contribution in [0, 0.1) is 13.8 Å². The van der Waals surface area contributed by atoms with Crippen molar-refractivity contribution in [3.8, 4) is 0 Å². The standard InChI is InChI=1S/C24H24N2O2S/c1-17-10-12-20(13-11-17)29(27,28)26-15-14-24(19-7-5-6-18(2)16-19)21-8-3-4-9-22(21)25-23(24)26/h3-13,16,23,25H,14-15H2,1-2H3/t23-,24+/m0/s1. The van der Waals surface area contributed by atoms with E-state index in [0.29, 0.717) is 11.4 Å². The third-order valence-corrected chi connectivity index (χ3v) is 8.22. The summed E-state index contributed by atoms with van der Waals surface area (Å²) in [5, 5.41) is 3.54. The van der Waals surface area contributed by atoms with Crippen LogP contribution >= 0.6 is 0 Å². The summed E-state index contributed by atoms with van der Waals surface area (Å²) in [6, 6.07) is 23.8. The lowest BCUT2D eigenvalue weighted by Gasteiger charge is -2.33. The van der Waals surface area contributed by atoms with Crippen molar-refractivity contribution in [3.05, 3.63) is 95.1 Å². The zero-order chi connectivity index (χ0) is 20.2. The molecule has 0 bridgehead atoms. The van der Waals surface area contributed by atoms with Gasteiger partial charge in [-0.2, -0.15) is 4.31 Å². The molecule has 0 amide bonds. The number of anilines is 1. The Morgan fingerprint density at radius 2 is 1.69 bits per heavy atom. The van der Waals surface area contributed by atoms with Gasteiger partial charge in [-0.3, -0.25) is 0 Å². The molecule has 0 unspecified atom stereocenters. The Morgan fingerprint density at radius 3 is 2.45 bits per heavy atom. The molecular formula is C24H24N2O2S. The molecule has 0 spiro atoms. The predicted molar refractivity (Wildman–Crippen MR) is 115 cm³/mol. The summed E-state index contributed by atoms with van der Waals surface area (Å²) in [6.45, 7) is 4.53. The van der Waals surface area contributed by atoms with Crippen molar-refractivity contribution in [1.82, 2.24) is 4.31 Å². The molecular weight excluding hydrogens is 380 g/mol. The summed E-state index contributed by atoms with van der Waals surface area (Å²) in [5.74, 6) is 0. The van der Waals surface area contributed by atoms with Crippen molar-refractivity contribution in [1.29, 1.82) is 0 Å². The summed E-state index contributed by atoms with van der Waals surface area (Å²) in [7, 11) is -3.61. The molecule has 1 saturated heterocycles. The molecule has 1 N–H and O–H groups in total. The van der Waals surface area contributed by atoms with Crippen molar-refractivity contribution in [3.63, 3.8) is 0 Å². The van der Waals surface area contributed by atoms with Crippen LogP contribution in [0.15, 0.2) is 77.7 Å². The minimum atomic E-state index is -3.61. The SMILES string of the molecule is Cc1ccc(S(=O)(=O)N2CC[C@@]3(c4cccc(C)c4)c4ccccc4N[C@@H]23)cc1. The molecule has 2 atom stereocenters. The van der Waals surface area contributed by atoms with Gasteiger partial charge in [-0.15, -0.1) is 0 Å². The van der Waals surface area contributed by atoms with Crippen molar-refractivity contribution in [2.75, 3.05) is 11.9 Å². The monoisotopic (exact) mass is 404 g/mol. The summed E-state index contributed by atoms with van der Waals surface area (Å²) in [6.07, 6.45) is 0.406. The first-order valence-corrected chi connectivity index (χ1v) is 11.4. The molecule has 3 aromatic rings. The van der Waals surface area contributed by atoms with Crippen LogP contribution in [0.4, 0.5) is 5.69 Å². The fraction of sp³-hybridized carbons (Fsp3) is 0.250. The molecule has 148 valence electrons. The first-order chi connectivity index (χ1) is 13.9. The van der Waals surface area contributed by atoms with Crippen LogP contribution < -0.4 is 5.32 Å². The van der Waals surface area contributed by atoms with Gasteiger partial charge < -0.3 is 5.32 Å². The highest BCUT2D eigenvalue weighted by atomic mass is 32.2. The average molecular weight is 405 g/mol. The second kappa shape index (κ2) is 6.44. The number of para-hydroxylation sites is 1. The van der Waals surface area contributed by atoms with Gasteiger partial charge in [0.15, 0.2) is 0 Å². The van der Waals surface area contributed by atoms with E-state index in [1.165, 1.54) is 16.7 Å². The van der Waals surface area contributed by atoms with E-state index in [4.69, 9.17) is 0 Å². The number of benzene rings is 3. The van der Waals surface area contributed by atoms with Gasteiger partial charge in [0.1, 0.15) is 6.17 Å². The van der Waals surface area contributed by atoms with Crippen LogP contribution in [0.2, 0.25) is 0 Å². The van der Waals surface area contributed by atoms with Gasteiger partial charge in [-0.05, 0) is 49.6 Å². The summed E-state index contributed by atoms with van der Waals surface area (Å²) in [5.41, 5.74) is 5.20. The quantitative estimate of drug-likeness (QED) is 0.702. The van der Waals surface area contributed by atoms with Crippen LogP contribution in [0.25, 0.3) is 0 Å². The third-order valence-electron chi connectivity index (χ3n) is 6.34. The second-order valence-corrected chi connectivity index (χ2v) is 10.0. The zero-order valence-electron chi connectivity index (χ0n) is 16.6. The van der Waals surface area contributed by atoms with Gasteiger partial charge in [-0.1, -0.05) is 65.7 Å². The van der Waals surface area contributed by atoms with Gasteiger partial charge in [0.05, 0.1) is 10.3 Å². The lowest BCUT2D eigenvalue weighted by molar-refractivity contribution is 0.376. The summed E-state index contributed by atoms with van der Waals surface area (Å²) < 4.78 is 28.8. The number of hydrogen-bond acceptors (Lipinski definition) is 3. The normalized spacial score (nSPS) is 23.4. The van der Waals surface area contributed by atoms with E-state index in [0.717, 1.165) is 17.7 Å². The van der Waals surface area contributed by atoms with E-state index in [9.17, 15) is 8.42 Å². The highest BCUT2D eigenvalue weighted by Gasteiger charge is 2.57. The van der Waals surface area contributed by atoms with Gasteiger partial charge in [0, 0.05) is 12.2 Å². The topological polar surface area (TPSA) is 49.4 Å². The Kier molecular flexibility index (Phi) is 4.09. The minimum Gasteiger partial charge on any atom is -0.367 e. The van der Waals surface area contributed by atoms with Crippen LogP contribution in [0.1, 0.15) is 28.7 Å². The molecule has 29 heavy (non-hydrogen) atoms.